The Kier molecular flexibility index (Phi) is 5.77. The number of hydrogen-bond donors (Lipinski definition) is 1. The summed E-state index contributed by atoms with van der Waals surface area (Å²) in [6, 6.07) is 12.6. The highest BCUT2D eigenvalue weighted by Crippen LogP contribution is 2.46. The fourth-order valence-electron chi connectivity index (χ4n) is 4.67. The first-order valence-corrected chi connectivity index (χ1v) is 11.1. The van der Waals surface area contributed by atoms with E-state index in [1.807, 2.05) is 4.57 Å². The van der Waals surface area contributed by atoms with Crippen LogP contribution in [0.4, 0.5) is 13.2 Å². The molecule has 1 N–H and O–H groups in total. The molecule has 5 rings (SSSR count). The molecule has 35 heavy (non-hydrogen) atoms. The van der Waals surface area contributed by atoms with E-state index in [1.54, 1.807) is 57.4 Å². The lowest BCUT2D eigenvalue weighted by atomic mass is 10.0. The molecule has 0 saturated carbocycles. The fourth-order valence-corrected chi connectivity index (χ4v) is 4.67. The van der Waals surface area contributed by atoms with Crippen LogP contribution in [0.25, 0.3) is 22.2 Å². The van der Waals surface area contributed by atoms with E-state index in [1.165, 1.54) is 18.3 Å². The highest BCUT2D eigenvalue weighted by Gasteiger charge is 2.37. The zero-order valence-electron chi connectivity index (χ0n) is 19.4. The third-order valence-electron chi connectivity index (χ3n) is 6.32. The van der Waals surface area contributed by atoms with Gasteiger partial charge in [-0.3, -0.25) is 4.98 Å². The number of methoxy groups -OCH3 is 1. The van der Waals surface area contributed by atoms with Crippen LogP contribution in [0.5, 0.6) is 5.75 Å². The number of benzene rings is 2. The van der Waals surface area contributed by atoms with Gasteiger partial charge in [0.05, 0.1) is 22.8 Å². The van der Waals surface area contributed by atoms with E-state index in [0.29, 0.717) is 45.7 Å². The molecule has 1 aliphatic heterocycles. The van der Waals surface area contributed by atoms with Crippen molar-refractivity contribution in [3.8, 4) is 16.9 Å². The van der Waals surface area contributed by atoms with Crippen LogP contribution in [-0.4, -0.2) is 33.4 Å². The van der Waals surface area contributed by atoms with E-state index in [4.69, 9.17) is 9.47 Å². The number of fused-ring (bicyclic) bond motifs is 3. The Bertz CT molecular complexity index is 1380. The van der Waals surface area contributed by atoms with Crippen LogP contribution in [0.1, 0.15) is 49.5 Å². The van der Waals surface area contributed by atoms with Gasteiger partial charge in [-0.15, -0.1) is 0 Å². The molecule has 0 amide bonds. The third-order valence-corrected chi connectivity index (χ3v) is 6.32. The zero-order chi connectivity index (χ0) is 24.9. The summed E-state index contributed by atoms with van der Waals surface area (Å²) in [6.07, 6.45) is 1.58. The molecule has 0 radical (unpaired) electrons. The van der Waals surface area contributed by atoms with Gasteiger partial charge >= 0.3 is 6.61 Å². The maximum Gasteiger partial charge on any atom is 0.387 e. The molecular weight excluding hydrogens is 459 g/mol. The van der Waals surface area contributed by atoms with Crippen LogP contribution in [0, 0.1) is 5.82 Å². The van der Waals surface area contributed by atoms with Gasteiger partial charge in [-0.05, 0) is 32.0 Å². The molecule has 2 aromatic carbocycles. The molecule has 0 fully saturated rings. The smallest absolute Gasteiger partial charge is 0.387 e. The minimum Gasteiger partial charge on any atom is -0.434 e. The van der Waals surface area contributed by atoms with Crippen molar-refractivity contribution < 1.29 is 27.8 Å². The quantitative estimate of drug-likeness (QED) is 0.378. The van der Waals surface area contributed by atoms with Gasteiger partial charge in [0, 0.05) is 42.5 Å². The van der Waals surface area contributed by atoms with Gasteiger partial charge in [0.15, 0.2) is 0 Å². The van der Waals surface area contributed by atoms with Crippen molar-refractivity contribution in [1.29, 1.82) is 0 Å². The third kappa shape index (κ3) is 4.15. The summed E-state index contributed by atoms with van der Waals surface area (Å²) in [5, 5.41) is 10.2. The van der Waals surface area contributed by atoms with Crippen molar-refractivity contribution in [2.45, 2.75) is 44.6 Å². The van der Waals surface area contributed by atoms with E-state index in [0.717, 1.165) is 0 Å². The van der Waals surface area contributed by atoms with Gasteiger partial charge in [-0.2, -0.15) is 8.78 Å². The average molecular weight is 483 g/mol. The number of hydrogen-bond acceptors (Lipinski definition) is 5. The maximum absolute atomic E-state index is 15.1. The predicted molar refractivity (Wildman–Crippen MR) is 124 cm³/mol. The molecule has 3 heterocycles. The minimum absolute atomic E-state index is 0.0748. The Morgan fingerprint density at radius 2 is 1.91 bits per heavy atom. The molecule has 0 aliphatic carbocycles. The lowest BCUT2D eigenvalue weighted by Crippen LogP contribution is -2.17. The van der Waals surface area contributed by atoms with Gasteiger partial charge in [0.1, 0.15) is 29.1 Å². The standard InChI is InChI=1S/C26H24F3N3O3/c1-26(2,33)23-9-8-14(13-30-23)16-10-20-18(11-17(16)27)31-24-22(34-3)12-19(32(20)24)15-6-4-5-7-21(15)35-25(28)29/h4-11,13,19,22,25,33H,12H2,1-3H3. The molecule has 4 aromatic rings. The Balaban J connectivity index is 1.65. The van der Waals surface area contributed by atoms with Gasteiger partial charge in [-0.1, -0.05) is 24.3 Å². The minimum atomic E-state index is -2.96. The number of alkyl halides is 2. The Hall–Kier alpha value is -3.43. The number of aromatic nitrogens is 3. The van der Waals surface area contributed by atoms with Crippen LogP contribution >= 0.6 is 0 Å². The molecule has 2 unspecified atom stereocenters. The summed E-state index contributed by atoms with van der Waals surface area (Å²) in [6.45, 7) is 0.285. The van der Waals surface area contributed by atoms with Crippen molar-refractivity contribution in [2.75, 3.05) is 7.11 Å². The fraction of sp³-hybridized carbons (Fsp3) is 0.308. The summed E-state index contributed by atoms with van der Waals surface area (Å²) in [4.78, 5) is 8.90. The molecule has 2 atom stereocenters. The second-order valence-electron chi connectivity index (χ2n) is 9.04. The zero-order valence-corrected chi connectivity index (χ0v) is 19.4. The largest absolute Gasteiger partial charge is 0.434 e. The Labute approximate surface area is 200 Å². The van der Waals surface area contributed by atoms with Gasteiger partial charge in [0.25, 0.3) is 0 Å². The van der Waals surface area contributed by atoms with E-state index < -0.39 is 30.2 Å². The van der Waals surface area contributed by atoms with Crippen LogP contribution in [0.3, 0.4) is 0 Å². The van der Waals surface area contributed by atoms with Crippen LogP contribution < -0.4 is 4.74 Å². The second-order valence-corrected chi connectivity index (χ2v) is 9.04. The van der Waals surface area contributed by atoms with Crippen LogP contribution in [-0.2, 0) is 10.3 Å². The predicted octanol–water partition coefficient (Wildman–Crippen LogP) is 5.75. The molecular formula is C26H24F3N3O3. The highest BCUT2D eigenvalue weighted by molar-refractivity contribution is 5.83. The van der Waals surface area contributed by atoms with E-state index in [2.05, 4.69) is 9.97 Å². The normalized spacial score (nSPS) is 17.8. The molecule has 0 spiro atoms. The van der Waals surface area contributed by atoms with Gasteiger partial charge in [0.2, 0.25) is 0 Å². The number of pyridine rings is 1. The molecule has 6 nitrogen and oxygen atoms in total. The Morgan fingerprint density at radius 1 is 1.14 bits per heavy atom. The van der Waals surface area contributed by atoms with E-state index in [-0.39, 0.29) is 5.75 Å². The number of aliphatic hydroxyl groups is 1. The number of para-hydroxylation sites is 1. The van der Waals surface area contributed by atoms with E-state index in [9.17, 15) is 13.9 Å². The number of rotatable bonds is 6. The summed E-state index contributed by atoms with van der Waals surface area (Å²) in [5.74, 6) is 0.191. The molecule has 182 valence electrons. The number of ether oxygens (including phenoxy) is 2. The average Bonchev–Trinajstić information content (AvgIpc) is 3.34. The maximum atomic E-state index is 15.1. The van der Waals surface area contributed by atoms with Crippen molar-refractivity contribution in [3.63, 3.8) is 0 Å². The molecule has 0 bridgehead atoms. The summed E-state index contributed by atoms with van der Waals surface area (Å²) < 4.78 is 53.6. The topological polar surface area (TPSA) is 69.4 Å². The van der Waals surface area contributed by atoms with Crippen molar-refractivity contribution in [1.82, 2.24) is 14.5 Å². The Morgan fingerprint density at radius 3 is 2.57 bits per heavy atom. The molecule has 9 heteroatoms. The van der Waals surface area contributed by atoms with Gasteiger partial charge in [-0.25, -0.2) is 9.37 Å². The first kappa shape index (κ1) is 23.3. The van der Waals surface area contributed by atoms with Crippen molar-refractivity contribution in [3.05, 3.63) is 77.6 Å². The van der Waals surface area contributed by atoms with Crippen LogP contribution in [0.15, 0.2) is 54.7 Å². The number of imidazole rings is 1. The summed E-state index contributed by atoms with van der Waals surface area (Å²) in [5.41, 5.74) is 1.82. The molecule has 2 aromatic heterocycles. The summed E-state index contributed by atoms with van der Waals surface area (Å²) in [7, 11) is 1.56. The van der Waals surface area contributed by atoms with Gasteiger partial charge < -0.3 is 19.1 Å². The van der Waals surface area contributed by atoms with Crippen LogP contribution in [0.2, 0.25) is 0 Å². The highest BCUT2D eigenvalue weighted by atomic mass is 19.3. The molecule has 0 saturated heterocycles. The van der Waals surface area contributed by atoms with E-state index >= 15 is 4.39 Å². The number of nitrogens with zero attached hydrogens (tertiary/aromatic N) is 3. The van der Waals surface area contributed by atoms with Crippen molar-refractivity contribution >= 4 is 11.0 Å². The monoisotopic (exact) mass is 483 g/mol. The SMILES string of the molecule is COC1CC(c2ccccc2OC(F)F)n2c1nc1cc(F)c(-c3ccc(C(C)(C)O)nc3)cc12. The second kappa shape index (κ2) is 8.66. The number of halogens is 3. The molecule has 1 aliphatic rings. The first-order valence-electron chi connectivity index (χ1n) is 11.1. The first-order chi connectivity index (χ1) is 16.7. The lowest BCUT2D eigenvalue weighted by Gasteiger charge is -2.19. The summed E-state index contributed by atoms with van der Waals surface area (Å²) >= 11 is 0. The van der Waals surface area contributed by atoms with Crippen molar-refractivity contribution in [2.24, 2.45) is 0 Å². The lowest BCUT2D eigenvalue weighted by molar-refractivity contribution is -0.0507.